The molecule has 0 aliphatic rings. The van der Waals surface area contributed by atoms with Gasteiger partial charge in [-0.25, -0.2) is 0 Å². The lowest BCUT2D eigenvalue weighted by atomic mass is 10.1. The number of allylic oxidation sites excluding steroid dienone is 1. The van der Waals surface area contributed by atoms with Gasteiger partial charge in [-0.15, -0.1) is 0 Å². The van der Waals surface area contributed by atoms with E-state index in [0.29, 0.717) is 5.71 Å². The summed E-state index contributed by atoms with van der Waals surface area (Å²) in [6, 6.07) is 8.24. The smallest absolute Gasteiger partial charge is 0.0283 e. The van der Waals surface area contributed by atoms with Gasteiger partial charge >= 0.3 is 0 Å². The Hall–Kier alpha value is -1.37. The Morgan fingerprint density at radius 3 is 2.33 bits per heavy atom. The van der Waals surface area contributed by atoms with Gasteiger partial charge in [0.2, 0.25) is 0 Å². The lowest BCUT2D eigenvalue weighted by Gasteiger charge is -1.93. The summed E-state index contributed by atoms with van der Waals surface area (Å²) in [6.45, 7) is 3.83. The minimum absolute atomic E-state index is 0.579. The molecule has 0 aliphatic carbocycles. The lowest BCUT2D eigenvalue weighted by Crippen LogP contribution is -1.78. The highest BCUT2D eigenvalue weighted by Crippen LogP contribution is 2.04. The number of nitrogens with one attached hydrogen (secondary N) is 1. The summed E-state index contributed by atoms with van der Waals surface area (Å²) < 4.78 is 0. The van der Waals surface area contributed by atoms with Gasteiger partial charge in [0.25, 0.3) is 0 Å². The van der Waals surface area contributed by atoms with Crippen LogP contribution in [-0.4, -0.2) is 5.71 Å². The zero-order valence-electron chi connectivity index (χ0n) is 7.46. The number of benzene rings is 1. The Morgan fingerprint density at radius 2 is 1.83 bits per heavy atom. The molecular formula is C11H13N. The molecule has 1 rings (SSSR count). The summed E-state index contributed by atoms with van der Waals surface area (Å²) in [6.07, 6.45) is 3.74. The van der Waals surface area contributed by atoms with Crippen LogP contribution in [0.15, 0.2) is 30.3 Å². The summed E-state index contributed by atoms with van der Waals surface area (Å²) in [7, 11) is 0. The number of aryl methyl sites for hydroxylation is 1. The Morgan fingerprint density at radius 1 is 1.25 bits per heavy atom. The standard InChI is InChI=1S/C11H13N/c1-9-3-6-11(7-4-9)8-5-10(2)12/h3-8,12H,1-2H3/b8-5+,12-10?. The van der Waals surface area contributed by atoms with Crippen molar-refractivity contribution >= 4 is 11.8 Å². The van der Waals surface area contributed by atoms with E-state index in [-0.39, 0.29) is 0 Å². The maximum Gasteiger partial charge on any atom is 0.0283 e. The molecule has 0 radical (unpaired) electrons. The molecule has 0 heterocycles. The molecule has 0 spiro atoms. The van der Waals surface area contributed by atoms with Crippen molar-refractivity contribution in [3.05, 3.63) is 41.5 Å². The fraction of sp³-hybridized carbons (Fsp3) is 0.182. The predicted octanol–water partition coefficient (Wildman–Crippen LogP) is 3.05. The molecule has 1 heteroatoms. The fourth-order valence-electron chi connectivity index (χ4n) is 0.899. The highest BCUT2D eigenvalue weighted by Gasteiger charge is 1.85. The molecule has 0 amide bonds. The minimum atomic E-state index is 0.579. The SMILES string of the molecule is CC(=N)/C=C/c1ccc(C)cc1. The summed E-state index contributed by atoms with van der Waals surface area (Å²) in [4.78, 5) is 0. The van der Waals surface area contributed by atoms with E-state index in [1.807, 2.05) is 6.08 Å². The topological polar surface area (TPSA) is 23.9 Å². The van der Waals surface area contributed by atoms with Gasteiger partial charge in [-0.3, -0.25) is 0 Å². The van der Waals surface area contributed by atoms with E-state index in [9.17, 15) is 0 Å². The number of rotatable bonds is 2. The molecule has 1 N–H and O–H groups in total. The van der Waals surface area contributed by atoms with Crippen molar-refractivity contribution in [1.82, 2.24) is 0 Å². The van der Waals surface area contributed by atoms with E-state index >= 15 is 0 Å². The van der Waals surface area contributed by atoms with E-state index in [0.717, 1.165) is 5.56 Å². The molecule has 0 unspecified atom stereocenters. The zero-order valence-corrected chi connectivity index (χ0v) is 7.46. The first-order valence-electron chi connectivity index (χ1n) is 3.98. The van der Waals surface area contributed by atoms with Crippen molar-refractivity contribution in [2.45, 2.75) is 13.8 Å². The highest BCUT2D eigenvalue weighted by atomic mass is 14.4. The van der Waals surface area contributed by atoms with Crippen LogP contribution in [0.5, 0.6) is 0 Å². The van der Waals surface area contributed by atoms with Crippen molar-refractivity contribution < 1.29 is 0 Å². The molecule has 12 heavy (non-hydrogen) atoms. The van der Waals surface area contributed by atoms with Gasteiger partial charge in [0.1, 0.15) is 0 Å². The van der Waals surface area contributed by atoms with Crippen molar-refractivity contribution in [2.24, 2.45) is 0 Å². The maximum atomic E-state index is 7.20. The second kappa shape index (κ2) is 3.86. The Kier molecular flexibility index (Phi) is 2.81. The largest absolute Gasteiger partial charge is 0.306 e. The quantitative estimate of drug-likeness (QED) is 0.641. The lowest BCUT2D eigenvalue weighted by molar-refractivity contribution is 1.46. The van der Waals surface area contributed by atoms with Crippen LogP contribution in [0.25, 0.3) is 6.08 Å². The second-order valence-electron chi connectivity index (χ2n) is 2.93. The van der Waals surface area contributed by atoms with Crippen LogP contribution in [-0.2, 0) is 0 Å². The van der Waals surface area contributed by atoms with Gasteiger partial charge in [-0.05, 0) is 25.5 Å². The molecule has 0 bridgehead atoms. The molecule has 0 aliphatic heterocycles. The average Bonchev–Trinajstić information content (AvgIpc) is 2.03. The minimum Gasteiger partial charge on any atom is -0.306 e. The second-order valence-corrected chi connectivity index (χ2v) is 2.93. The number of hydrogen-bond acceptors (Lipinski definition) is 1. The molecule has 1 nitrogen and oxygen atoms in total. The van der Waals surface area contributed by atoms with Crippen LogP contribution >= 0.6 is 0 Å². The fourth-order valence-corrected chi connectivity index (χ4v) is 0.899. The molecule has 62 valence electrons. The molecule has 0 atom stereocenters. The highest BCUT2D eigenvalue weighted by molar-refractivity contribution is 5.93. The molecule has 1 aromatic rings. The first-order chi connectivity index (χ1) is 5.68. The Bertz CT molecular complexity index is 293. The third kappa shape index (κ3) is 2.70. The van der Waals surface area contributed by atoms with E-state index in [1.54, 1.807) is 13.0 Å². The van der Waals surface area contributed by atoms with E-state index < -0.39 is 0 Å². The predicted molar refractivity (Wildman–Crippen MR) is 53.6 cm³/mol. The summed E-state index contributed by atoms with van der Waals surface area (Å²) in [5.74, 6) is 0. The molecule has 0 saturated heterocycles. The van der Waals surface area contributed by atoms with Gasteiger partial charge < -0.3 is 5.41 Å². The monoisotopic (exact) mass is 159 g/mol. The van der Waals surface area contributed by atoms with E-state index in [4.69, 9.17) is 5.41 Å². The Balaban J connectivity index is 2.77. The van der Waals surface area contributed by atoms with Gasteiger partial charge in [0, 0.05) is 5.71 Å². The first-order valence-corrected chi connectivity index (χ1v) is 3.98. The van der Waals surface area contributed by atoms with Crippen LogP contribution in [0.3, 0.4) is 0 Å². The first kappa shape index (κ1) is 8.72. The van der Waals surface area contributed by atoms with E-state index in [2.05, 4.69) is 31.2 Å². The molecular weight excluding hydrogens is 146 g/mol. The van der Waals surface area contributed by atoms with Crippen LogP contribution in [0.4, 0.5) is 0 Å². The van der Waals surface area contributed by atoms with Gasteiger partial charge in [-0.2, -0.15) is 0 Å². The van der Waals surface area contributed by atoms with E-state index in [1.165, 1.54) is 5.56 Å². The summed E-state index contributed by atoms with van der Waals surface area (Å²) >= 11 is 0. The van der Waals surface area contributed by atoms with Crippen LogP contribution < -0.4 is 0 Å². The van der Waals surface area contributed by atoms with Crippen LogP contribution in [0.1, 0.15) is 18.1 Å². The van der Waals surface area contributed by atoms with Crippen molar-refractivity contribution in [1.29, 1.82) is 5.41 Å². The zero-order chi connectivity index (χ0) is 8.97. The van der Waals surface area contributed by atoms with Crippen molar-refractivity contribution in [2.75, 3.05) is 0 Å². The van der Waals surface area contributed by atoms with Gasteiger partial charge in [-0.1, -0.05) is 35.9 Å². The third-order valence-electron chi connectivity index (χ3n) is 1.60. The molecule has 1 aromatic carbocycles. The van der Waals surface area contributed by atoms with Crippen LogP contribution in [0.2, 0.25) is 0 Å². The van der Waals surface area contributed by atoms with Crippen molar-refractivity contribution in [3.63, 3.8) is 0 Å². The summed E-state index contributed by atoms with van der Waals surface area (Å²) in [5.41, 5.74) is 2.99. The Labute approximate surface area is 73.3 Å². The molecule has 0 fully saturated rings. The van der Waals surface area contributed by atoms with Crippen LogP contribution in [0, 0.1) is 12.3 Å². The summed E-state index contributed by atoms with van der Waals surface area (Å²) in [5, 5.41) is 7.20. The maximum absolute atomic E-state index is 7.20. The van der Waals surface area contributed by atoms with Crippen molar-refractivity contribution in [3.8, 4) is 0 Å². The molecule has 0 saturated carbocycles. The molecule has 0 aromatic heterocycles. The third-order valence-corrected chi connectivity index (χ3v) is 1.60. The van der Waals surface area contributed by atoms with Gasteiger partial charge in [0.15, 0.2) is 0 Å². The average molecular weight is 159 g/mol. The van der Waals surface area contributed by atoms with Gasteiger partial charge in [0.05, 0.1) is 0 Å². The number of hydrogen-bond donors (Lipinski definition) is 1. The normalized spacial score (nSPS) is 10.5.